The number of nitrogens with zero attached hydrogens (tertiary/aromatic N) is 2. The molecule has 5 nitrogen and oxygen atoms in total. The molecule has 1 heterocycles. The molecular formula is C20H19N3O2. The Hall–Kier alpha value is -3.21. The van der Waals surface area contributed by atoms with Crippen molar-refractivity contribution >= 4 is 11.6 Å². The SMILES string of the molecule is CC(C)n1nc(C(=O)Nc2ccccc2-c2ccccc2)ccc1=O. The summed E-state index contributed by atoms with van der Waals surface area (Å²) in [6, 6.07) is 20.1. The van der Waals surface area contributed by atoms with Gasteiger partial charge in [0.25, 0.3) is 11.5 Å². The van der Waals surface area contributed by atoms with Gasteiger partial charge in [-0.05, 0) is 31.5 Å². The zero-order chi connectivity index (χ0) is 17.8. The molecule has 0 saturated carbocycles. The number of carbonyl (C=O) groups is 1. The van der Waals surface area contributed by atoms with Crippen molar-refractivity contribution in [2.24, 2.45) is 0 Å². The smallest absolute Gasteiger partial charge is 0.276 e. The van der Waals surface area contributed by atoms with Crippen molar-refractivity contribution in [2.75, 3.05) is 5.32 Å². The summed E-state index contributed by atoms with van der Waals surface area (Å²) in [7, 11) is 0. The molecular weight excluding hydrogens is 314 g/mol. The molecule has 126 valence electrons. The first-order valence-electron chi connectivity index (χ1n) is 8.12. The molecule has 25 heavy (non-hydrogen) atoms. The van der Waals surface area contributed by atoms with E-state index in [9.17, 15) is 9.59 Å². The summed E-state index contributed by atoms with van der Waals surface area (Å²) < 4.78 is 1.30. The summed E-state index contributed by atoms with van der Waals surface area (Å²) in [6.45, 7) is 3.70. The quantitative estimate of drug-likeness (QED) is 0.791. The molecule has 0 atom stereocenters. The van der Waals surface area contributed by atoms with Crippen LogP contribution < -0.4 is 10.9 Å². The highest BCUT2D eigenvalue weighted by atomic mass is 16.2. The number of anilines is 1. The van der Waals surface area contributed by atoms with Crippen LogP contribution in [0.15, 0.2) is 71.5 Å². The van der Waals surface area contributed by atoms with Crippen LogP contribution in [-0.2, 0) is 0 Å². The van der Waals surface area contributed by atoms with Gasteiger partial charge in [0.2, 0.25) is 0 Å². The molecule has 0 saturated heterocycles. The predicted octanol–water partition coefficient (Wildman–Crippen LogP) is 3.74. The molecule has 0 bridgehead atoms. The Balaban J connectivity index is 1.93. The van der Waals surface area contributed by atoms with Crippen molar-refractivity contribution in [3.8, 4) is 11.1 Å². The van der Waals surface area contributed by atoms with Gasteiger partial charge in [-0.1, -0.05) is 48.5 Å². The van der Waals surface area contributed by atoms with E-state index in [0.717, 1.165) is 11.1 Å². The minimum atomic E-state index is -0.349. The summed E-state index contributed by atoms with van der Waals surface area (Å²) in [6.07, 6.45) is 0. The Morgan fingerprint density at radius 3 is 2.36 bits per heavy atom. The number of hydrogen-bond donors (Lipinski definition) is 1. The number of aromatic nitrogens is 2. The maximum absolute atomic E-state index is 12.6. The molecule has 0 aliphatic carbocycles. The van der Waals surface area contributed by atoms with Gasteiger partial charge in [-0.25, -0.2) is 4.68 Å². The predicted molar refractivity (Wildman–Crippen MR) is 98.7 cm³/mol. The second kappa shape index (κ2) is 7.13. The molecule has 5 heteroatoms. The van der Waals surface area contributed by atoms with Gasteiger partial charge in [-0.15, -0.1) is 0 Å². The Kier molecular flexibility index (Phi) is 4.75. The third-order valence-corrected chi connectivity index (χ3v) is 3.81. The minimum absolute atomic E-state index is 0.114. The van der Waals surface area contributed by atoms with Crippen LogP contribution in [0.2, 0.25) is 0 Å². The van der Waals surface area contributed by atoms with Crippen molar-refractivity contribution in [3.05, 3.63) is 82.8 Å². The lowest BCUT2D eigenvalue weighted by atomic mass is 10.0. The van der Waals surface area contributed by atoms with Gasteiger partial charge in [-0.3, -0.25) is 9.59 Å². The third-order valence-electron chi connectivity index (χ3n) is 3.81. The molecule has 3 aromatic rings. The van der Waals surface area contributed by atoms with E-state index in [0.29, 0.717) is 5.69 Å². The molecule has 0 radical (unpaired) electrons. The minimum Gasteiger partial charge on any atom is -0.320 e. The largest absolute Gasteiger partial charge is 0.320 e. The number of amides is 1. The fraction of sp³-hybridized carbons (Fsp3) is 0.150. The van der Waals surface area contributed by atoms with Crippen molar-refractivity contribution in [1.29, 1.82) is 0 Å². The molecule has 0 aliphatic heterocycles. The second-order valence-electron chi connectivity index (χ2n) is 5.96. The monoisotopic (exact) mass is 333 g/mol. The van der Waals surface area contributed by atoms with Gasteiger partial charge >= 0.3 is 0 Å². The molecule has 2 aromatic carbocycles. The highest BCUT2D eigenvalue weighted by Crippen LogP contribution is 2.27. The van der Waals surface area contributed by atoms with Crippen LogP contribution in [0.1, 0.15) is 30.4 Å². The highest BCUT2D eigenvalue weighted by Gasteiger charge is 2.13. The standard InChI is InChI=1S/C20H19N3O2/c1-14(2)23-19(24)13-12-18(22-23)20(25)21-17-11-7-6-10-16(17)15-8-4-3-5-9-15/h3-14H,1-2H3,(H,21,25). The number of carbonyl (C=O) groups excluding carboxylic acids is 1. The van der Waals surface area contributed by atoms with E-state index in [1.54, 1.807) is 0 Å². The Labute approximate surface area is 145 Å². The summed E-state index contributed by atoms with van der Waals surface area (Å²) in [5.41, 5.74) is 2.61. The summed E-state index contributed by atoms with van der Waals surface area (Å²) in [5, 5.41) is 7.06. The zero-order valence-electron chi connectivity index (χ0n) is 14.1. The van der Waals surface area contributed by atoms with Crippen LogP contribution >= 0.6 is 0 Å². The van der Waals surface area contributed by atoms with E-state index in [-0.39, 0.29) is 23.2 Å². The molecule has 0 spiro atoms. The number of benzene rings is 2. The Morgan fingerprint density at radius 2 is 1.64 bits per heavy atom. The van der Waals surface area contributed by atoms with Crippen molar-refractivity contribution < 1.29 is 4.79 Å². The number of para-hydroxylation sites is 1. The van der Waals surface area contributed by atoms with E-state index in [1.165, 1.54) is 16.8 Å². The first-order chi connectivity index (χ1) is 12.1. The Morgan fingerprint density at radius 1 is 0.960 bits per heavy atom. The number of hydrogen-bond acceptors (Lipinski definition) is 3. The first-order valence-corrected chi connectivity index (χ1v) is 8.12. The molecule has 1 N–H and O–H groups in total. The normalized spacial score (nSPS) is 10.7. The van der Waals surface area contributed by atoms with Crippen molar-refractivity contribution in [3.63, 3.8) is 0 Å². The van der Waals surface area contributed by atoms with Gasteiger partial charge < -0.3 is 5.32 Å². The van der Waals surface area contributed by atoms with Crippen LogP contribution in [0.3, 0.4) is 0 Å². The molecule has 0 fully saturated rings. The summed E-state index contributed by atoms with van der Waals surface area (Å²) in [4.78, 5) is 24.4. The summed E-state index contributed by atoms with van der Waals surface area (Å²) in [5.74, 6) is -0.349. The second-order valence-corrected chi connectivity index (χ2v) is 5.96. The van der Waals surface area contributed by atoms with Crippen molar-refractivity contribution in [1.82, 2.24) is 9.78 Å². The van der Waals surface area contributed by atoms with E-state index < -0.39 is 0 Å². The first kappa shape index (κ1) is 16.6. The van der Waals surface area contributed by atoms with Gasteiger partial charge in [0.15, 0.2) is 0 Å². The van der Waals surface area contributed by atoms with Gasteiger partial charge in [-0.2, -0.15) is 5.10 Å². The third kappa shape index (κ3) is 3.66. The average molecular weight is 333 g/mol. The van der Waals surface area contributed by atoms with E-state index in [4.69, 9.17) is 0 Å². The Bertz CT molecular complexity index is 946. The van der Waals surface area contributed by atoms with E-state index >= 15 is 0 Å². The molecule has 1 amide bonds. The molecule has 0 aliphatic rings. The molecule has 0 unspecified atom stereocenters. The van der Waals surface area contributed by atoms with Gasteiger partial charge in [0, 0.05) is 17.3 Å². The number of nitrogens with one attached hydrogen (secondary N) is 1. The van der Waals surface area contributed by atoms with Crippen molar-refractivity contribution in [2.45, 2.75) is 19.9 Å². The fourth-order valence-corrected chi connectivity index (χ4v) is 2.56. The van der Waals surface area contributed by atoms with Crippen LogP contribution in [0.25, 0.3) is 11.1 Å². The summed E-state index contributed by atoms with van der Waals surface area (Å²) >= 11 is 0. The topological polar surface area (TPSA) is 64.0 Å². The highest BCUT2D eigenvalue weighted by molar-refractivity contribution is 6.04. The maximum Gasteiger partial charge on any atom is 0.276 e. The zero-order valence-corrected chi connectivity index (χ0v) is 14.1. The average Bonchev–Trinajstić information content (AvgIpc) is 2.63. The molecule has 3 rings (SSSR count). The van der Waals surface area contributed by atoms with Gasteiger partial charge in [0.1, 0.15) is 5.69 Å². The lowest BCUT2D eigenvalue weighted by Crippen LogP contribution is -2.27. The van der Waals surface area contributed by atoms with Gasteiger partial charge in [0.05, 0.1) is 6.04 Å². The number of rotatable bonds is 4. The fourth-order valence-electron chi connectivity index (χ4n) is 2.56. The molecule has 1 aromatic heterocycles. The maximum atomic E-state index is 12.6. The van der Waals surface area contributed by atoms with E-state index in [2.05, 4.69) is 10.4 Å². The van der Waals surface area contributed by atoms with Crippen LogP contribution in [0.4, 0.5) is 5.69 Å². The lowest BCUT2D eigenvalue weighted by Gasteiger charge is -2.12. The van der Waals surface area contributed by atoms with Crippen LogP contribution in [0.5, 0.6) is 0 Å². The lowest BCUT2D eigenvalue weighted by molar-refractivity contribution is 0.101. The van der Waals surface area contributed by atoms with Crippen LogP contribution in [-0.4, -0.2) is 15.7 Å². The van der Waals surface area contributed by atoms with E-state index in [1.807, 2.05) is 68.4 Å². The van der Waals surface area contributed by atoms with Crippen LogP contribution in [0, 0.1) is 0 Å².